The molecule has 0 saturated heterocycles. The van der Waals surface area contributed by atoms with Gasteiger partial charge in [0.25, 0.3) is 5.56 Å². The Bertz CT molecular complexity index is 787. The third-order valence-corrected chi connectivity index (χ3v) is 3.14. The van der Waals surface area contributed by atoms with Gasteiger partial charge in [-0.25, -0.2) is 15.2 Å². The number of carbonyl (C=O) groups excluding carboxylic acids is 1. The molecule has 1 aromatic carbocycles. The molecule has 0 fully saturated rings. The van der Waals surface area contributed by atoms with Gasteiger partial charge in [0.1, 0.15) is 0 Å². The molecular formula is C14H18N4O5. The summed E-state index contributed by atoms with van der Waals surface area (Å²) >= 11 is 0. The Morgan fingerprint density at radius 1 is 1.26 bits per heavy atom. The molecule has 0 spiro atoms. The van der Waals surface area contributed by atoms with Crippen molar-refractivity contribution in [1.29, 1.82) is 0 Å². The van der Waals surface area contributed by atoms with E-state index in [1.807, 2.05) is 0 Å². The Labute approximate surface area is 132 Å². The first-order valence-electron chi connectivity index (χ1n) is 6.83. The molecule has 0 radical (unpaired) electrons. The zero-order valence-corrected chi connectivity index (χ0v) is 13.3. The standard InChI is InChI=1S/C14H18N4O5/c1-5-23-14(20)17-16-12-13(19)18(2)9-7-11(22-4)10(21-3)6-8(9)15-12/h6-7H,5H2,1-4H3,(H,15,16)(H,17,20). The predicted octanol–water partition coefficient (Wildman–Crippen LogP) is 1.02. The minimum atomic E-state index is -0.705. The molecular weight excluding hydrogens is 304 g/mol. The van der Waals surface area contributed by atoms with Crippen molar-refractivity contribution < 1.29 is 19.0 Å². The Hall–Kier alpha value is -2.97. The van der Waals surface area contributed by atoms with Gasteiger partial charge in [-0.3, -0.25) is 10.2 Å². The number of nitrogens with zero attached hydrogens (tertiary/aromatic N) is 2. The molecule has 9 heteroatoms. The molecule has 2 N–H and O–H groups in total. The van der Waals surface area contributed by atoms with Gasteiger partial charge in [-0.15, -0.1) is 0 Å². The number of anilines is 1. The minimum absolute atomic E-state index is 0.0414. The van der Waals surface area contributed by atoms with Crippen molar-refractivity contribution in [3.8, 4) is 11.5 Å². The van der Waals surface area contributed by atoms with Gasteiger partial charge in [0.2, 0.25) is 5.82 Å². The lowest BCUT2D eigenvalue weighted by molar-refractivity contribution is 0.154. The summed E-state index contributed by atoms with van der Waals surface area (Å²) in [6.45, 7) is 1.89. The number of ether oxygens (including phenoxy) is 3. The number of hydrogen-bond acceptors (Lipinski definition) is 7. The van der Waals surface area contributed by atoms with Crippen LogP contribution in [0.2, 0.25) is 0 Å². The van der Waals surface area contributed by atoms with E-state index in [1.54, 1.807) is 26.1 Å². The maximum absolute atomic E-state index is 12.3. The van der Waals surface area contributed by atoms with E-state index >= 15 is 0 Å². The summed E-state index contributed by atoms with van der Waals surface area (Å²) in [5, 5.41) is 0. The highest BCUT2D eigenvalue weighted by molar-refractivity contribution is 5.81. The van der Waals surface area contributed by atoms with Crippen molar-refractivity contribution in [3.05, 3.63) is 22.5 Å². The molecule has 2 rings (SSSR count). The van der Waals surface area contributed by atoms with Crippen LogP contribution in [0.15, 0.2) is 16.9 Å². The molecule has 1 amide bonds. The lowest BCUT2D eigenvalue weighted by Crippen LogP contribution is -2.34. The fourth-order valence-corrected chi connectivity index (χ4v) is 2.01. The van der Waals surface area contributed by atoms with E-state index in [-0.39, 0.29) is 12.4 Å². The molecule has 0 bridgehead atoms. The third kappa shape index (κ3) is 3.28. The van der Waals surface area contributed by atoms with E-state index in [9.17, 15) is 9.59 Å². The van der Waals surface area contributed by atoms with E-state index in [4.69, 9.17) is 14.2 Å². The van der Waals surface area contributed by atoms with Gasteiger partial charge in [-0.1, -0.05) is 0 Å². The molecule has 124 valence electrons. The van der Waals surface area contributed by atoms with Gasteiger partial charge in [0.15, 0.2) is 11.5 Å². The molecule has 1 aromatic heterocycles. The average Bonchev–Trinajstić information content (AvgIpc) is 2.56. The van der Waals surface area contributed by atoms with Gasteiger partial charge < -0.3 is 18.8 Å². The number of aryl methyl sites for hydroxylation is 1. The molecule has 9 nitrogen and oxygen atoms in total. The highest BCUT2D eigenvalue weighted by Gasteiger charge is 2.13. The molecule has 0 aliphatic rings. The molecule has 0 saturated carbocycles. The van der Waals surface area contributed by atoms with Crippen LogP contribution >= 0.6 is 0 Å². The van der Waals surface area contributed by atoms with Crippen LogP contribution in [0.5, 0.6) is 11.5 Å². The lowest BCUT2D eigenvalue weighted by atomic mass is 10.2. The van der Waals surface area contributed by atoms with Crippen molar-refractivity contribution in [3.63, 3.8) is 0 Å². The number of benzene rings is 1. The Morgan fingerprint density at radius 2 is 1.91 bits per heavy atom. The van der Waals surface area contributed by atoms with Crippen molar-refractivity contribution in [1.82, 2.24) is 15.0 Å². The normalized spacial score (nSPS) is 10.3. The molecule has 2 aromatic rings. The van der Waals surface area contributed by atoms with Crippen molar-refractivity contribution in [2.45, 2.75) is 6.92 Å². The number of aromatic nitrogens is 2. The second kappa shape index (κ2) is 6.86. The van der Waals surface area contributed by atoms with Gasteiger partial charge >= 0.3 is 6.09 Å². The third-order valence-electron chi connectivity index (χ3n) is 3.14. The number of hydrogen-bond donors (Lipinski definition) is 2. The maximum Gasteiger partial charge on any atom is 0.425 e. The Kier molecular flexibility index (Phi) is 4.89. The fraction of sp³-hybridized carbons (Fsp3) is 0.357. The minimum Gasteiger partial charge on any atom is -0.493 e. The molecule has 0 unspecified atom stereocenters. The van der Waals surface area contributed by atoms with Crippen molar-refractivity contribution in [2.75, 3.05) is 26.3 Å². The molecule has 0 aliphatic heterocycles. The number of amides is 1. The van der Waals surface area contributed by atoms with Crippen LogP contribution in [0.3, 0.4) is 0 Å². The smallest absolute Gasteiger partial charge is 0.425 e. The summed E-state index contributed by atoms with van der Waals surface area (Å²) in [7, 11) is 4.61. The lowest BCUT2D eigenvalue weighted by Gasteiger charge is -2.13. The zero-order valence-electron chi connectivity index (χ0n) is 13.3. The number of carbonyl (C=O) groups is 1. The number of methoxy groups -OCH3 is 2. The highest BCUT2D eigenvalue weighted by atomic mass is 16.6. The monoisotopic (exact) mass is 322 g/mol. The van der Waals surface area contributed by atoms with E-state index in [2.05, 4.69) is 15.8 Å². The molecule has 23 heavy (non-hydrogen) atoms. The number of fused-ring (bicyclic) bond motifs is 1. The summed E-state index contributed by atoms with van der Waals surface area (Å²) in [5.41, 5.74) is 5.34. The van der Waals surface area contributed by atoms with E-state index < -0.39 is 11.7 Å². The van der Waals surface area contributed by atoms with Gasteiger partial charge in [-0.05, 0) is 6.92 Å². The molecule has 0 aliphatic carbocycles. The van der Waals surface area contributed by atoms with Gasteiger partial charge in [-0.2, -0.15) is 0 Å². The largest absolute Gasteiger partial charge is 0.493 e. The van der Waals surface area contributed by atoms with Gasteiger partial charge in [0.05, 0.1) is 31.9 Å². The first-order valence-corrected chi connectivity index (χ1v) is 6.83. The topological polar surface area (TPSA) is 104 Å². The second-order valence-corrected chi connectivity index (χ2v) is 4.49. The maximum atomic E-state index is 12.3. The quantitative estimate of drug-likeness (QED) is 0.792. The predicted molar refractivity (Wildman–Crippen MR) is 83.9 cm³/mol. The summed E-state index contributed by atoms with van der Waals surface area (Å²) in [5.74, 6) is 0.929. The van der Waals surface area contributed by atoms with Crippen molar-refractivity contribution >= 4 is 22.9 Å². The summed E-state index contributed by atoms with van der Waals surface area (Å²) < 4.78 is 16.5. The Morgan fingerprint density at radius 3 is 2.52 bits per heavy atom. The summed E-state index contributed by atoms with van der Waals surface area (Å²) in [4.78, 5) is 27.8. The average molecular weight is 322 g/mol. The number of nitrogens with one attached hydrogen (secondary N) is 2. The van der Waals surface area contributed by atoms with Crippen LogP contribution in [0.4, 0.5) is 10.6 Å². The SMILES string of the molecule is CCOC(=O)NNc1nc2cc(OC)c(OC)cc2n(C)c1=O. The fourth-order valence-electron chi connectivity index (χ4n) is 2.01. The zero-order chi connectivity index (χ0) is 17.0. The summed E-state index contributed by atoms with van der Waals surface area (Å²) in [6, 6.07) is 3.30. The van der Waals surface area contributed by atoms with E-state index in [0.717, 1.165) is 0 Å². The van der Waals surface area contributed by atoms with Gasteiger partial charge in [0, 0.05) is 19.2 Å². The van der Waals surface area contributed by atoms with E-state index in [1.165, 1.54) is 18.8 Å². The Balaban J connectivity index is 2.46. The first-order chi connectivity index (χ1) is 11.0. The van der Waals surface area contributed by atoms with Crippen LogP contribution in [0.25, 0.3) is 11.0 Å². The van der Waals surface area contributed by atoms with Crippen LogP contribution in [0.1, 0.15) is 6.92 Å². The van der Waals surface area contributed by atoms with E-state index in [0.29, 0.717) is 22.5 Å². The highest BCUT2D eigenvalue weighted by Crippen LogP contribution is 2.30. The van der Waals surface area contributed by atoms with Crippen molar-refractivity contribution in [2.24, 2.45) is 7.05 Å². The molecule has 0 atom stereocenters. The van der Waals surface area contributed by atoms with Crippen LogP contribution < -0.4 is 25.9 Å². The second-order valence-electron chi connectivity index (χ2n) is 4.49. The van der Waals surface area contributed by atoms with Crippen LogP contribution in [-0.2, 0) is 11.8 Å². The number of rotatable bonds is 5. The van der Waals surface area contributed by atoms with Crippen LogP contribution in [-0.4, -0.2) is 36.5 Å². The summed E-state index contributed by atoms with van der Waals surface area (Å²) in [6.07, 6.45) is -0.705. The molecule has 1 heterocycles. The number of hydrazine groups is 1. The first kappa shape index (κ1) is 16.4. The van der Waals surface area contributed by atoms with Crippen LogP contribution in [0, 0.1) is 0 Å².